The summed E-state index contributed by atoms with van der Waals surface area (Å²) in [5.74, 6) is -4.44. The lowest BCUT2D eigenvalue weighted by Crippen LogP contribution is -2.35. The largest absolute Gasteiger partial charge is 0.478 e. The van der Waals surface area contributed by atoms with Crippen LogP contribution in [-0.2, 0) is 4.79 Å². The van der Waals surface area contributed by atoms with Crippen molar-refractivity contribution in [2.45, 2.75) is 32.2 Å². The summed E-state index contributed by atoms with van der Waals surface area (Å²) in [6, 6.07) is 0.321. The smallest absolute Gasteiger partial charge is 0.338 e. The van der Waals surface area contributed by atoms with Crippen LogP contribution in [0, 0.1) is 11.6 Å². The third kappa shape index (κ3) is 3.99. The highest BCUT2D eigenvalue weighted by atomic mass is 19.1. The molecule has 5 nitrogen and oxygen atoms in total. The first-order chi connectivity index (χ1) is 9.36. The molecule has 7 heteroatoms. The molecule has 1 aromatic carbocycles. The Hall–Kier alpha value is -2.02. The molecule has 1 amide bonds. The van der Waals surface area contributed by atoms with E-state index in [1.54, 1.807) is 0 Å². The fourth-order valence-electron chi connectivity index (χ4n) is 1.59. The van der Waals surface area contributed by atoms with Gasteiger partial charge in [-0.1, -0.05) is 19.8 Å². The number of anilines is 1. The third-order valence-corrected chi connectivity index (χ3v) is 2.75. The second kappa shape index (κ2) is 6.95. The van der Waals surface area contributed by atoms with Gasteiger partial charge >= 0.3 is 5.97 Å². The molecule has 110 valence electrons. The third-order valence-electron chi connectivity index (χ3n) is 2.75. The summed E-state index contributed by atoms with van der Waals surface area (Å²) in [5, 5.41) is 10.9. The van der Waals surface area contributed by atoms with E-state index in [1.807, 2.05) is 6.92 Å². The second-order valence-electron chi connectivity index (χ2n) is 4.36. The van der Waals surface area contributed by atoms with E-state index < -0.39 is 40.8 Å². The number of rotatable bonds is 6. The van der Waals surface area contributed by atoms with Gasteiger partial charge in [0.1, 0.15) is 11.6 Å². The number of nitrogens with two attached hydrogens (primary N) is 1. The number of carboxylic acid groups (broad SMARTS) is 1. The molecule has 0 aliphatic carbocycles. The van der Waals surface area contributed by atoms with Crippen molar-refractivity contribution in [3.63, 3.8) is 0 Å². The first-order valence-corrected chi connectivity index (χ1v) is 6.15. The van der Waals surface area contributed by atoms with Crippen LogP contribution in [0.1, 0.15) is 36.5 Å². The zero-order valence-corrected chi connectivity index (χ0v) is 11.0. The Morgan fingerprint density at radius 1 is 1.35 bits per heavy atom. The van der Waals surface area contributed by atoms with Crippen molar-refractivity contribution >= 4 is 17.6 Å². The molecule has 0 saturated heterocycles. The molecule has 0 radical (unpaired) electrons. The standard InChI is InChI=1S/C13H16F2N2O3/c1-2-3-4-10(16)12(18)17-11-5-7(13(19)20)8(14)6-9(11)15/h5-6,10H,2-4,16H2,1H3,(H,17,18)(H,19,20). The Labute approximate surface area is 114 Å². The number of benzene rings is 1. The van der Waals surface area contributed by atoms with E-state index >= 15 is 0 Å². The zero-order chi connectivity index (χ0) is 15.3. The Bertz CT molecular complexity index is 521. The minimum atomic E-state index is -1.55. The van der Waals surface area contributed by atoms with E-state index in [2.05, 4.69) is 5.32 Å². The predicted octanol–water partition coefficient (Wildman–Crippen LogP) is 2.12. The highest BCUT2D eigenvalue weighted by Gasteiger charge is 2.19. The van der Waals surface area contributed by atoms with Gasteiger partial charge in [-0.05, 0) is 12.5 Å². The predicted molar refractivity (Wildman–Crippen MR) is 69.4 cm³/mol. The van der Waals surface area contributed by atoms with Gasteiger partial charge in [0.15, 0.2) is 0 Å². The number of unbranched alkanes of at least 4 members (excludes halogenated alkanes) is 1. The topological polar surface area (TPSA) is 92.4 Å². The van der Waals surface area contributed by atoms with Crippen LogP contribution in [0.5, 0.6) is 0 Å². The van der Waals surface area contributed by atoms with E-state index in [0.717, 1.165) is 18.9 Å². The minimum Gasteiger partial charge on any atom is -0.478 e. The monoisotopic (exact) mass is 286 g/mol. The number of carbonyl (C=O) groups is 2. The molecule has 0 aliphatic heterocycles. The number of aromatic carboxylic acids is 1. The molecule has 1 unspecified atom stereocenters. The quantitative estimate of drug-likeness (QED) is 0.746. The maximum Gasteiger partial charge on any atom is 0.338 e. The van der Waals surface area contributed by atoms with Gasteiger partial charge in [-0.2, -0.15) is 0 Å². The van der Waals surface area contributed by atoms with Crippen LogP contribution in [0.2, 0.25) is 0 Å². The van der Waals surface area contributed by atoms with Crippen LogP contribution in [0.4, 0.5) is 14.5 Å². The average molecular weight is 286 g/mol. The van der Waals surface area contributed by atoms with Gasteiger partial charge in [-0.25, -0.2) is 13.6 Å². The van der Waals surface area contributed by atoms with Crippen LogP contribution in [-0.4, -0.2) is 23.0 Å². The highest BCUT2D eigenvalue weighted by molar-refractivity contribution is 5.96. The average Bonchev–Trinajstić information content (AvgIpc) is 2.38. The Morgan fingerprint density at radius 2 is 2.00 bits per heavy atom. The Morgan fingerprint density at radius 3 is 2.55 bits per heavy atom. The lowest BCUT2D eigenvalue weighted by molar-refractivity contribution is -0.117. The van der Waals surface area contributed by atoms with Crippen LogP contribution in [0.25, 0.3) is 0 Å². The van der Waals surface area contributed by atoms with Crippen molar-refractivity contribution in [2.75, 3.05) is 5.32 Å². The summed E-state index contributed by atoms with van der Waals surface area (Å²) in [4.78, 5) is 22.4. The molecule has 0 heterocycles. The van der Waals surface area contributed by atoms with Crippen molar-refractivity contribution in [1.29, 1.82) is 0 Å². The summed E-state index contributed by atoms with van der Waals surface area (Å²) in [5.41, 5.74) is 4.48. The normalized spacial score (nSPS) is 12.0. The lowest BCUT2D eigenvalue weighted by atomic mass is 10.1. The number of nitrogens with one attached hydrogen (secondary N) is 1. The molecule has 0 spiro atoms. The second-order valence-corrected chi connectivity index (χ2v) is 4.36. The number of hydrogen-bond acceptors (Lipinski definition) is 3. The van der Waals surface area contributed by atoms with Crippen molar-refractivity contribution in [3.05, 3.63) is 29.3 Å². The Kier molecular flexibility index (Phi) is 5.57. The summed E-state index contributed by atoms with van der Waals surface area (Å²) in [7, 11) is 0. The maximum absolute atomic E-state index is 13.5. The summed E-state index contributed by atoms with van der Waals surface area (Å²) in [6.45, 7) is 1.93. The minimum absolute atomic E-state index is 0.402. The first-order valence-electron chi connectivity index (χ1n) is 6.15. The molecule has 0 saturated carbocycles. The highest BCUT2D eigenvalue weighted by Crippen LogP contribution is 2.20. The molecule has 0 aliphatic rings. The van der Waals surface area contributed by atoms with Gasteiger partial charge in [0.05, 0.1) is 17.3 Å². The Balaban J connectivity index is 2.89. The molecule has 20 heavy (non-hydrogen) atoms. The molecule has 1 rings (SSSR count). The van der Waals surface area contributed by atoms with Gasteiger partial charge in [0, 0.05) is 6.07 Å². The van der Waals surface area contributed by atoms with Crippen molar-refractivity contribution < 1.29 is 23.5 Å². The van der Waals surface area contributed by atoms with Crippen LogP contribution >= 0.6 is 0 Å². The van der Waals surface area contributed by atoms with E-state index in [9.17, 15) is 18.4 Å². The number of hydrogen-bond donors (Lipinski definition) is 3. The number of carboxylic acids is 1. The van der Waals surface area contributed by atoms with E-state index in [1.165, 1.54) is 0 Å². The van der Waals surface area contributed by atoms with Crippen molar-refractivity contribution in [1.82, 2.24) is 0 Å². The van der Waals surface area contributed by atoms with Crippen LogP contribution < -0.4 is 11.1 Å². The summed E-state index contributed by atoms with van der Waals surface area (Å²) >= 11 is 0. The van der Waals surface area contributed by atoms with E-state index in [-0.39, 0.29) is 0 Å². The number of carbonyl (C=O) groups excluding carboxylic acids is 1. The van der Waals surface area contributed by atoms with Gasteiger partial charge < -0.3 is 16.2 Å². The molecule has 0 bridgehead atoms. The van der Waals surface area contributed by atoms with Crippen LogP contribution in [0.3, 0.4) is 0 Å². The van der Waals surface area contributed by atoms with E-state index in [0.29, 0.717) is 12.5 Å². The van der Waals surface area contributed by atoms with Gasteiger partial charge in [-0.15, -0.1) is 0 Å². The molecule has 1 aromatic rings. The van der Waals surface area contributed by atoms with Gasteiger partial charge in [0.25, 0.3) is 0 Å². The van der Waals surface area contributed by atoms with Crippen molar-refractivity contribution in [2.24, 2.45) is 5.73 Å². The lowest BCUT2D eigenvalue weighted by Gasteiger charge is -2.13. The SMILES string of the molecule is CCCCC(N)C(=O)Nc1cc(C(=O)O)c(F)cc1F. The first kappa shape index (κ1) is 16.0. The maximum atomic E-state index is 13.5. The zero-order valence-electron chi connectivity index (χ0n) is 11.0. The van der Waals surface area contributed by atoms with Crippen molar-refractivity contribution in [3.8, 4) is 0 Å². The molecule has 0 fully saturated rings. The number of halogens is 2. The molecule has 0 aromatic heterocycles. The molecular weight excluding hydrogens is 270 g/mol. The number of amides is 1. The van der Waals surface area contributed by atoms with Gasteiger partial charge in [-0.3, -0.25) is 4.79 Å². The molecule has 1 atom stereocenters. The fraction of sp³-hybridized carbons (Fsp3) is 0.385. The van der Waals surface area contributed by atoms with Gasteiger partial charge in [0.2, 0.25) is 5.91 Å². The molecular formula is C13H16F2N2O3. The summed E-state index contributed by atoms with van der Waals surface area (Å²) in [6.07, 6.45) is 2.02. The fourth-order valence-corrected chi connectivity index (χ4v) is 1.59. The van der Waals surface area contributed by atoms with E-state index in [4.69, 9.17) is 10.8 Å². The molecule has 4 N–H and O–H groups in total. The van der Waals surface area contributed by atoms with Crippen LogP contribution in [0.15, 0.2) is 12.1 Å². The summed E-state index contributed by atoms with van der Waals surface area (Å²) < 4.78 is 26.7.